The predicted molar refractivity (Wildman–Crippen MR) is 61.6 cm³/mol. The fourth-order valence-electron chi connectivity index (χ4n) is 1.72. The predicted octanol–water partition coefficient (Wildman–Crippen LogP) is 2.13. The van der Waals surface area contributed by atoms with E-state index in [0.29, 0.717) is 10.9 Å². The molecule has 1 aromatic carbocycles. The molecule has 0 unspecified atom stereocenters. The van der Waals surface area contributed by atoms with Crippen molar-refractivity contribution in [2.75, 3.05) is 0 Å². The van der Waals surface area contributed by atoms with Crippen LogP contribution in [0.25, 0.3) is 10.9 Å². The van der Waals surface area contributed by atoms with Crippen LogP contribution in [0.1, 0.15) is 24.3 Å². The van der Waals surface area contributed by atoms with E-state index in [9.17, 15) is 9.18 Å². The monoisotopic (exact) mass is 247 g/mol. The molecule has 0 aliphatic carbocycles. The fraction of sp³-hybridized carbons (Fsp3) is 0.250. The van der Waals surface area contributed by atoms with Crippen LogP contribution in [-0.4, -0.2) is 20.9 Å². The Morgan fingerprint density at radius 1 is 1.56 bits per heavy atom. The molecule has 1 N–H and O–H groups in total. The van der Waals surface area contributed by atoms with E-state index in [0.717, 1.165) is 0 Å². The van der Waals surface area contributed by atoms with Crippen molar-refractivity contribution in [2.24, 2.45) is 0 Å². The quantitative estimate of drug-likeness (QED) is 0.881. The normalized spacial score (nSPS) is 11.4. The molecule has 18 heavy (non-hydrogen) atoms. The van der Waals surface area contributed by atoms with Gasteiger partial charge in [-0.25, -0.2) is 13.9 Å². The SMILES string of the molecule is CC(C)(C#N)n1nc(C(=O)O)c2ccc(F)cc21. The van der Waals surface area contributed by atoms with Gasteiger partial charge < -0.3 is 5.11 Å². The average molecular weight is 247 g/mol. The molecule has 92 valence electrons. The zero-order valence-corrected chi connectivity index (χ0v) is 9.81. The maximum absolute atomic E-state index is 13.2. The van der Waals surface area contributed by atoms with Crippen LogP contribution in [0.2, 0.25) is 0 Å². The Kier molecular flexibility index (Phi) is 2.55. The van der Waals surface area contributed by atoms with Crippen LogP contribution in [0.5, 0.6) is 0 Å². The van der Waals surface area contributed by atoms with Crippen LogP contribution in [0.15, 0.2) is 18.2 Å². The van der Waals surface area contributed by atoms with Gasteiger partial charge in [-0.15, -0.1) is 0 Å². The van der Waals surface area contributed by atoms with Gasteiger partial charge in [0.05, 0.1) is 11.6 Å². The number of rotatable bonds is 2. The van der Waals surface area contributed by atoms with Gasteiger partial charge >= 0.3 is 5.97 Å². The van der Waals surface area contributed by atoms with Gasteiger partial charge in [0.2, 0.25) is 0 Å². The average Bonchev–Trinajstić information content (AvgIpc) is 2.68. The number of fused-ring (bicyclic) bond motifs is 1. The Morgan fingerprint density at radius 3 is 2.78 bits per heavy atom. The van der Waals surface area contributed by atoms with E-state index < -0.39 is 17.3 Å². The Bertz CT molecular complexity index is 682. The third kappa shape index (κ3) is 1.70. The first-order valence-electron chi connectivity index (χ1n) is 5.20. The first-order chi connectivity index (χ1) is 8.36. The van der Waals surface area contributed by atoms with E-state index in [2.05, 4.69) is 5.10 Å². The lowest BCUT2D eigenvalue weighted by atomic mass is 10.1. The van der Waals surface area contributed by atoms with E-state index in [4.69, 9.17) is 10.4 Å². The molecule has 2 aromatic rings. The second kappa shape index (κ2) is 3.81. The van der Waals surface area contributed by atoms with Crippen molar-refractivity contribution >= 4 is 16.9 Å². The molecule has 0 saturated heterocycles. The van der Waals surface area contributed by atoms with Crippen molar-refractivity contribution in [1.82, 2.24) is 9.78 Å². The van der Waals surface area contributed by atoms with Gasteiger partial charge in [-0.05, 0) is 32.0 Å². The topological polar surface area (TPSA) is 78.9 Å². The molecular formula is C12H10FN3O2. The first kappa shape index (κ1) is 12.0. The van der Waals surface area contributed by atoms with Gasteiger partial charge in [0.15, 0.2) is 5.69 Å². The maximum Gasteiger partial charge on any atom is 0.357 e. The molecule has 0 aliphatic heterocycles. The second-order valence-electron chi connectivity index (χ2n) is 4.40. The van der Waals surface area contributed by atoms with Gasteiger partial charge in [-0.3, -0.25) is 0 Å². The molecule has 0 aliphatic rings. The lowest BCUT2D eigenvalue weighted by Gasteiger charge is -2.17. The highest BCUT2D eigenvalue weighted by molar-refractivity contribution is 6.01. The van der Waals surface area contributed by atoms with Gasteiger partial charge in [-0.2, -0.15) is 10.4 Å². The summed E-state index contributed by atoms with van der Waals surface area (Å²) in [5.41, 5.74) is -0.952. The van der Waals surface area contributed by atoms with Gasteiger partial charge in [-0.1, -0.05) is 0 Å². The third-order valence-corrected chi connectivity index (χ3v) is 2.65. The summed E-state index contributed by atoms with van der Waals surface area (Å²) < 4.78 is 14.5. The number of aromatic nitrogens is 2. The van der Waals surface area contributed by atoms with Crippen LogP contribution >= 0.6 is 0 Å². The zero-order chi connectivity index (χ0) is 13.5. The summed E-state index contributed by atoms with van der Waals surface area (Å²) >= 11 is 0. The Hall–Kier alpha value is -2.42. The number of benzene rings is 1. The van der Waals surface area contributed by atoms with Crippen LogP contribution in [0, 0.1) is 17.1 Å². The number of aromatic carboxylic acids is 1. The summed E-state index contributed by atoms with van der Waals surface area (Å²) in [6.45, 7) is 3.16. The number of carboxylic acids is 1. The largest absolute Gasteiger partial charge is 0.476 e. The molecule has 1 heterocycles. The molecule has 5 nitrogen and oxygen atoms in total. The summed E-state index contributed by atoms with van der Waals surface area (Å²) in [5, 5.41) is 22.3. The molecule has 0 amide bonds. The number of carbonyl (C=O) groups is 1. The third-order valence-electron chi connectivity index (χ3n) is 2.65. The van der Waals surface area contributed by atoms with Crippen LogP contribution in [-0.2, 0) is 5.54 Å². The van der Waals surface area contributed by atoms with Gasteiger partial charge in [0.25, 0.3) is 0 Å². The van der Waals surface area contributed by atoms with Crippen molar-refractivity contribution in [3.05, 3.63) is 29.7 Å². The molecule has 6 heteroatoms. The maximum atomic E-state index is 13.2. The molecule has 0 fully saturated rings. The summed E-state index contributed by atoms with van der Waals surface area (Å²) in [5.74, 6) is -1.71. The summed E-state index contributed by atoms with van der Waals surface area (Å²) in [6.07, 6.45) is 0. The number of halogens is 1. The minimum atomic E-state index is -1.21. The van der Waals surface area contributed by atoms with Crippen molar-refractivity contribution in [3.8, 4) is 6.07 Å². The molecule has 1 aromatic heterocycles. The van der Waals surface area contributed by atoms with Crippen LogP contribution < -0.4 is 0 Å². The highest BCUT2D eigenvalue weighted by Crippen LogP contribution is 2.25. The van der Waals surface area contributed by atoms with Gasteiger partial charge in [0.1, 0.15) is 11.4 Å². The standard InChI is InChI=1S/C12H10FN3O2/c1-12(2,6-14)16-9-5-7(13)3-4-8(9)10(15-16)11(17)18/h3-5H,1-2H3,(H,17,18). The van der Waals surface area contributed by atoms with E-state index in [1.165, 1.54) is 22.9 Å². The Balaban J connectivity index is 2.87. The number of carboxylic acid groups (broad SMARTS) is 1. The smallest absolute Gasteiger partial charge is 0.357 e. The zero-order valence-electron chi connectivity index (χ0n) is 9.81. The molecule has 0 saturated carbocycles. The molecule has 0 bridgehead atoms. The number of nitriles is 1. The van der Waals surface area contributed by atoms with E-state index in [1.54, 1.807) is 13.8 Å². The minimum Gasteiger partial charge on any atom is -0.476 e. The summed E-state index contributed by atoms with van der Waals surface area (Å²) in [7, 11) is 0. The van der Waals surface area contributed by atoms with E-state index >= 15 is 0 Å². The summed E-state index contributed by atoms with van der Waals surface area (Å²) in [6, 6.07) is 5.70. The van der Waals surface area contributed by atoms with Crippen molar-refractivity contribution in [3.63, 3.8) is 0 Å². The molecular weight excluding hydrogens is 237 g/mol. The van der Waals surface area contributed by atoms with E-state index in [1.807, 2.05) is 6.07 Å². The highest BCUT2D eigenvalue weighted by Gasteiger charge is 2.26. The molecule has 0 atom stereocenters. The van der Waals surface area contributed by atoms with Crippen molar-refractivity contribution < 1.29 is 14.3 Å². The number of hydrogen-bond acceptors (Lipinski definition) is 3. The Morgan fingerprint density at radius 2 is 2.22 bits per heavy atom. The Labute approximate surface area is 102 Å². The first-order valence-corrected chi connectivity index (χ1v) is 5.20. The van der Waals surface area contributed by atoms with Crippen molar-refractivity contribution in [2.45, 2.75) is 19.4 Å². The lowest BCUT2D eigenvalue weighted by Crippen LogP contribution is -2.25. The van der Waals surface area contributed by atoms with Crippen LogP contribution in [0.3, 0.4) is 0 Å². The summed E-state index contributed by atoms with van der Waals surface area (Å²) in [4.78, 5) is 11.1. The van der Waals surface area contributed by atoms with Crippen LogP contribution in [0.4, 0.5) is 4.39 Å². The lowest BCUT2D eigenvalue weighted by molar-refractivity contribution is 0.0691. The molecule has 0 spiro atoms. The number of hydrogen-bond donors (Lipinski definition) is 1. The second-order valence-corrected chi connectivity index (χ2v) is 4.40. The molecule has 2 rings (SSSR count). The van der Waals surface area contributed by atoms with E-state index in [-0.39, 0.29) is 5.69 Å². The minimum absolute atomic E-state index is 0.187. The number of nitrogens with zero attached hydrogens (tertiary/aromatic N) is 3. The van der Waals surface area contributed by atoms with Gasteiger partial charge in [0, 0.05) is 5.39 Å². The van der Waals surface area contributed by atoms with Crippen molar-refractivity contribution in [1.29, 1.82) is 5.26 Å². The highest BCUT2D eigenvalue weighted by atomic mass is 19.1. The fourth-order valence-corrected chi connectivity index (χ4v) is 1.72. The molecule has 0 radical (unpaired) electrons.